The molecule has 5 nitrogen and oxygen atoms in total. The summed E-state index contributed by atoms with van der Waals surface area (Å²) in [6, 6.07) is 10.6. The standard InChI is InChI=1S/C19H24N4O/c1-21-14-16(12-20-21)17-11-18(17)19(24)23-9-7-22(8-10-23)13-15-5-3-2-4-6-15/h2-6,12,14,17-18H,7-11,13H2,1H3. The first-order valence-corrected chi connectivity index (χ1v) is 8.74. The lowest BCUT2D eigenvalue weighted by Gasteiger charge is -2.35. The van der Waals surface area contributed by atoms with E-state index in [9.17, 15) is 4.79 Å². The van der Waals surface area contributed by atoms with Crippen LogP contribution in [0.1, 0.15) is 23.5 Å². The highest BCUT2D eigenvalue weighted by molar-refractivity contribution is 5.83. The van der Waals surface area contributed by atoms with Crippen molar-refractivity contribution in [3.63, 3.8) is 0 Å². The van der Waals surface area contributed by atoms with Crippen LogP contribution >= 0.6 is 0 Å². The van der Waals surface area contributed by atoms with Gasteiger partial charge >= 0.3 is 0 Å². The molecule has 1 saturated carbocycles. The number of hydrogen-bond donors (Lipinski definition) is 0. The molecule has 1 amide bonds. The van der Waals surface area contributed by atoms with Gasteiger partial charge in [0.1, 0.15) is 0 Å². The Balaban J connectivity index is 1.28. The summed E-state index contributed by atoms with van der Waals surface area (Å²) >= 11 is 0. The van der Waals surface area contributed by atoms with E-state index >= 15 is 0 Å². The topological polar surface area (TPSA) is 41.4 Å². The Morgan fingerprint density at radius 1 is 1.17 bits per heavy atom. The molecule has 1 aliphatic carbocycles. The fraction of sp³-hybridized carbons (Fsp3) is 0.474. The van der Waals surface area contributed by atoms with Crippen molar-refractivity contribution in [3.05, 3.63) is 53.9 Å². The summed E-state index contributed by atoms with van der Waals surface area (Å²) in [6.07, 6.45) is 4.92. The van der Waals surface area contributed by atoms with E-state index in [1.807, 2.05) is 24.1 Å². The van der Waals surface area contributed by atoms with E-state index in [0.717, 1.165) is 39.1 Å². The van der Waals surface area contributed by atoms with Crippen LogP contribution in [0, 0.1) is 5.92 Å². The van der Waals surface area contributed by atoms with Gasteiger partial charge in [0.2, 0.25) is 5.91 Å². The van der Waals surface area contributed by atoms with Gasteiger partial charge < -0.3 is 4.90 Å². The van der Waals surface area contributed by atoms with Crippen molar-refractivity contribution >= 4 is 5.91 Å². The van der Waals surface area contributed by atoms with Crippen LogP contribution < -0.4 is 0 Å². The Bertz CT molecular complexity index is 703. The van der Waals surface area contributed by atoms with Crippen LogP contribution in [0.15, 0.2) is 42.7 Å². The number of nitrogens with zero attached hydrogens (tertiary/aromatic N) is 4. The first-order valence-electron chi connectivity index (χ1n) is 8.74. The molecule has 0 bridgehead atoms. The number of piperazine rings is 1. The van der Waals surface area contributed by atoms with Crippen molar-refractivity contribution in [3.8, 4) is 0 Å². The largest absolute Gasteiger partial charge is 0.340 e. The van der Waals surface area contributed by atoms with Crippen LogP contribution in [-0.4, -0.2) is 51.7 Å². The molecular formula is C19H24N4O. The minimum atomic E-state index is 0.176. The van der Waals surface area contributed by atoms with E-state index in [1.54, 1.807) is 0 Å². The maximum Gasteiger partial charge on any atom is 0.226 e. The molecule has 2 fully saturated rings. The average molecular weight is 324 g/mol. The summed E-state index contributed by atoms with van der Waals surface area (Å²) in [7, 11) is 1.93. The molecule has 24 heavy (non-hydrogen) atoms. The second-order valence-corrected chi connectivity index (χ2v) is 6.98. The second kappa shape index (κ2) is 6.40. The third-order valence-corrected chi connectivity index (χ3v) is 5.19. The second-order valence-electron chi connectivity index (χ2n) is 6.98. The Labute approximate surface area is 142 Å². The molecule has 2 heterocycles. The van der Waals surface area contributed by atoms with E-state index in [-0.39, 0.29) is 5.92 Å². The molecule has 0 spiro atoms. The Morgan fingerprint density at radius 3 is 2.58 bits per heavy atom. The van der Waals surface area contributed by atoms with Crippen LogP contribution in [0.4, 0.5) is 0 Å². The molecule has 2 unspecified atom stereocenters. The smallest absolute Gasteiger partial charge is 0.226 e. The van der Waals surface area contributed by atoms with Gasteiger partial charge in [-0.15, -0.1) is 0 Å². The van der Waals surface area contributed by atoms with Gasteiger partial charge in [0, 0.05) is 51.9 Å². The van der Waals surface area contributed by atoms with Gasteiger partial charge in [-0.25, -0.2) is 0 Å². The zero-order valence-corrected chi connectivity index (χ0v) is 14.1. The molecule has 0 radical (unpaired) electrons. The number of amides is 1. The Hall–Kier alpha value is -2.14. The zero-order chi connectivity index (χ0) is 16.5. The first-order chi connectivity index (χ1) is 11.7. The summed E-state index contributed by atoms with van der Waals surface area (Å²) < 4.78 is 1.82. The third kappa shape index (κ3) is 3.22. The summed E-state index contributed by atoms with van der Waals surface area (Å²) in [5.74, 6) is 0.895. The van der Waals surface area contributed by atoms with Gasteiger partial charge in [-0.05, 0) is 23.5 Å². The average Bonchev–Trinajstić information content (AvgIpc) is 3.30. The lowest BCUT2D eigenvalue weighted by atomic mass is 10.1. The minimum Gasteiger partial charge on any atom is -0.340 e. The van der Waals surface area contributed by atoms with Crippen molar-refractivity contribution < 1.29 is 4.79 Å². The van der Waals surface area contributed by atoms with Crippen molar-refractivity contribution in [1.29, 1.82) is 0 Å². The highest BCUT2D eigenvalue weighted by Crippen LogP contribution is 2.48. The molecule has 2 atom stereocenters. The fourth-order valence-electron chi connectivity index (χ4n) is 3.67. The molecule has 2 aromatic rings. The molecule has 1 saturated heterocycles. The quantitative estimate of drug-likeness (QED) is 0.862. The Kier molecular flexibility index (Phi) is 4.10. The summed E-state index contributed by atoms with van der Waals surface area (Å²) in [6.45, 7) is 4.60. The number of hydrogen-bond acceptors (Lipinski definition) is 3. The number of carbonyl (C=O) groups excluding carboxylic acids is 1. The van der Waals surface area contributed by atoms with Crippen molar-refractivity contribution in [2.75, 3.05) is 26.2 Å². The van der Waals surface area contributed by atoms with Crippen molar-refractivity contribution in [2.45, 2.75) is 18.9 Å². The molecule has 0 N–H and O–H groups in total. The number of aromatic nitrogens is 2. The summed E-state index contributed by atoms with van der Waals surface area (Å²) in [5.41, 5.74) is 2.55. The van der Waals surface area contributed by atoms with Crippen LogP contribution in [-0.2, 0) is 18.4 Å². The monoisotopic (exact) mass is 324 g/mol. The van der Waals surface area contributed by atoms with Gasteiger partial charge in [0.25, 0.3) is 0 Å². The van der Waals surface area contributed by atoms with E-state index in [4.69, 9.17) is 0 Å². The molecule has 126 valence electrons. The third-order valence-electron chi connectivity index (χ3n) is 5.19. The maximum absolute atomic E-state index is 12.7. The highest BCUT2D eigenvalue weighted by atomic mass is 16.2. The van der Waals surface area contributed by atoms with Crippen molar-refractivity contribution in [1.82, 2.24) is 19.6 Å². The summed E-state index contributed by atoms with van der Waals surface area (Å²) in [4.78, 5) is 17.2. The lowest BCUT2D eigenvalue weighted by molar-refractivity contribution is -0.134. The lowest BCUT2D eigenvalue weighted by Crippen LogP contribution is -2.48. The van der Waals surface area contributed by atoms with Crippen LogP contribution in [0.5, 0.6) is 0 Å². The molecule has 2 aliphatic rings. The predicted molar refractivity (Wildman–Crippen MR) is 92.4 cm³/mol. The first kappa shape index (κ1) is 15.4. The SMILES string of the molecule is Cn1cc(C2CC2C(=O)N2CCN(Cc3ccccc3)CC2)cn1. The van der Waals surface area contributed by atoms with Gasteiger partial charge in [-0.3, -0.25) is 14.4 Å². The van der Waals surface area contributed by atoms with Crippen LogP contribution in [0.3, 0.4) is 0 Å². The van der Waals surface area contributed by atoms with Crippen LogP contribution in [0.2, 0.25) is 0 Å². The zero-order valence-electron chi connectivity index (χ0n) is 14.1. The van der Waals surface area contributed by atoms with Crippen molar-refractivity contribution in [2.24, 2.45) is 13.0 Å². The van der Waals surface area contributed by atoms with E-state index < -0.39 is 0 Å². The van der Waals surface area contributed by atoms with E-state index in [0.29, 0.717) is 11.8 Å². The molecule has 1 aliphatic heterocycles. The summed E-state index contributed by atoms with van der Waals surface area (Å²) in [5, 5.41) is 4.22. The van der Waals surface area contributed by atoms with E-state index in [2.05, 4.69) is 45.2 Å². The van der Waals surface area contributed by atoms with Gasteiger partial charge in [0.05, 0.1) is 6.20 Å². The molecule has 1 aromatic carbocycles. The fourth-order valence-corrected chi connectivity index (χ4v) is 3.67. The molecule has 5 heteroatoms. The number of rotatable bonds is 4. The predicted octanol–water partition coefficient (Wildman–Crippen LogP) is 1.87. The number of aryl methyl sites for hydroxylation is 1. The van der Waals surface area contributed by atoms with Gasteiger partial charge in [0.15, 0.2) is 0 Å². The number of carbonyl (C=O) groups is 1. The highest BCUT2D eigenvalue weighted by Gasteiger charge is 2.46. The van der Waals surface area contributed by atoms with Crippen LogP contribution in [0.25, 0.3) is 0 Å². The van der Waals surface area contributed by atoms with Gasteiger partial charge in [-0.1, -0.05) is 30.3 Å². The Morgan fingerprint density at radius 2 is 1.92 bits per heavy atom. The van der Waals surface area contributed by atoms with E-state index in [1.165, 1.54) is 11.1 Å². The maximum atomic E-state index is 12.7. The normalized spacial score (nSPS) is 24.1. The number of benzene rings is 1. The molecular weight excluding hydrogens is 300 g/mol. The molecule has 1 aromatic heterocycles. The minimum absolute atomic E-state index is 0.176. The van der Waals surface area contributed by atoms with Gasteiger partial charge in [-0.2, -0.15) is 5.10 Å². The molecule has 4 rings (SSSR count).